The highest BCUT2D eigenvalue weighted by atomic mass is 35.5. The van der Waals surface area contributed by atoms with Crippen LogP contribution in [0.15, 0.2) is 24.3 Å². The maximum absolute atomic E-state index is 11.5. The molecule has 1 fully saturated rings. The van der Waals surface area contributed by atoms with E-state index in [0.29, 0.717) is 12.3 Å². The minimum atomic E-state index is -2.86. The van der Waals surface area contributed by atoms with E-state index in [1.165, 1.54) is 5.56 Å². The monoisotopic (exact) mass is 300 g/mol. The first-order valence-electron chi connectivity index (χ1n) is 6.81. The number of halogens is 1. The lowest BCUT2D eigenvalue weighted by molar-refractivity contribution is 0.568. The van der Waals surface area contributed by atoms with Crippen molar-refractivity contribution in [2.75, 3.05) is 11.5 Å². The van der Waals surface area contributed by atoms with Crippen molar-refractivity contribution in [2.45, 2.75) is 32.1 Å². The summed E-state index contributed by atoms with van der Waals surface area (Å²) in [6.07, 6.45) is 1.75. The molecule has 0 saturated carbocycles. The molecule has 19 heavy (non-hydrogen) atoms. The maximum Gasteiger partial charge on any atom is 0.150 e. The van der Waals surface area contributed by atoms with Gasteiger partial charge in [0.15, 0.2) is 9.84 Å². The lowest BCUT2D eigenvalue weighted by Crippen LogP contribution is -2.10. The van der Waals surface area contributed by atoms with Gasteiger partial charge in [0.1, 0.15) is 0 Å². The van der Waals surface area contributed by atoms with Crippen LogP contribution in [0.5, 0.6) is 0 Å². The van der Waals surface area contributed by atoms with Gasteiger partial charge in [-0.3, -0.25) is 0 Å². The number of sulfone groups is 1. The van der Waals surface area contributed by atoms with Gasteiger partial charge in [0, 0.05) is 0 Å². The van der Waals surface area contributed by atoms with Crippen molar-refractivity contribution < 1.29 is 8.42 Å². The van der Waals surface area contributed by atoms with Crippen LogP contribution >= 0.6 is 11.6 Å². The summed E-state index contributed by atoms with van der Waals surface area (Å²) in [6.45, 7) is 4.39. The summed E-state index contributed by atoms with van der Waals surface area (Å²) in [5.41, 5.74) is 2.35. The molecule has 0 aromatic heterocycles. The molecule has 2 nitrogen and oxygen atoms in total. The summed E-state index contributed by atoms with van der Waals surface area (Å²) in [5, 5.41) is -0.189. The molecule has 1 aliphatic heterocycles. The average Bonchev–Trinajstić information content (AvgIpc) is 2.69. The Morgan fingerprint density at radius 3 is 2.37 bits per heavy atom. The van der Waals surface area contributed by atoms with Crippen molar-refractivity contribution in [3.63, 3.8) is 0 Å². The van der Waals surface area contributed by atoms with Crippen LogP contribution in [0.2, 0.25) is 0 Å². The Morgan fingerprint density at radius 1 is 1.26 bits per heavy atom. The van der Waals surface area contributed by atoms with E-state index in [-0.39, 0.29) is 22.8 Å². The molecule has 0 N–H and O–H groups in total. The van der Waals surface area contributed by atoms with Gasteiger partial charge in [-0.15, -0.1) is 11.6 Å². The van der Waals surface area contributed by atoms with Gasteiger partial charge >= 0.3 is 0 Å². The molecular weight excluding hydrogens is 280 g/mol. The summed E-state index contributed by atoms with van der Waals surface area (Å²) >= 11 is 6.43. The molecule has 2 atom stereocenters. The molecule has 0 amide bonds. The smallest absolute Gasteiger partial charge is 0.150 e. The first kappa shape index (κ1) is 14.9. The highest BCUT2D eigenvalue weighted by Crippen LogP contribution is 2.36. The number of hydrogen-bond acceptors (Lipinski definition) is 2. The second-order valence-corrected chi connectivity index (χ2v) is 8.60. The predicted octanol–water partition coefficient (Wildman–Crippen LogP) is 3.60. The van der Waals surface area contributed by atoms with Gasteiger partial charge in [0.05, 0.1) is 16.9 Å². The van der Waals surface area contributed by atoms with Gasteiger partial charge in [-0.1, -0.05) is 38.1 Å². The minimum Gasteiger partial charge on any atom is -0.229 e. The molecule has 0 radical (unpaired) electrons. The van der Waals surface area contributed by atoms with Crippen LogP contribution in [0.4, 0.5) is 0 Å². The zero-order valence-corrected chi connectivity index (χ0v) is 13.0. The van der Waals surface area contributed by atoms with Crippen LogP contribution in [0.25, 0.3) is 0 Å². The molecule has 0 bridgehead atoms. The van der Waals surface area contributed by atoms with Crippen molar-refractivity contribution in [3.8, 4) is 0 Å². The Morgan fingerprint density at radius 2 is 1.89 bits per heavy atom. The van der Waals surface area contributed by atoms with Crippen molar-refractivity contribution in [3.05, 3.63) is 35.4 Å². The van der Waals surface area contributed by atoms with Gasteiger partial charge in [-0.25, -0.2) is 8.42 Å². The van der Waals surface area contributed by atoms with Crippen molar-refractivity contribution in [1.29, 1.82) is 0 Å². The number of rotatable bonds is 4. The molecule has 2 rings (SSSR count). The van der Waals surface area contributed by atoms with Gasteiger partial charge in [0.2, 0.25) is 0 Å². The molecular formula is C15H21ClO2S. The van der Waals surface area contributed by atoms with Crippen molar-refractivity contribution >= 4 is 21.4 Å². The second-order valence-electron chi connectivity index (χ2n) is 5.90. The van der Waals surface area contributed by atoms with E-state index in [9.17, 15) is 8.42 Å². The fourth-order valence-electron chi connectivity index (χ4n) is 2.64. The highest BCUT2D eigenvalue weighted by molar-refractivity contribution is 7.91. The molecule has 0 spiro atoms. The topological polar surface area (TPSA) is 34.1 Å². The number of benzene rings is 1. The summed E-state index contributed by atoms with van der Waals surface area (Å²) < 4.78 is 23.0. The highest BCUT2D eigenvalue weighted by Gasteiger charge is 2.33. The van der Waals surface area contributed by atoms with E-state index in [4.69, 9.17) is 11.6 Å². The average molecular weight is 301 g/mol. The molecule has 1 heterocycles. The SMILES string of the molecule is CC(C)Cc1ccc(C(Cl)C2CCS(=O)(=O)C2)cc1. The zero-order chi connectivity index (χ0) is 14.0. The third-order valence-corrected chi connectivity index (χ3v) is 6.03. The summed E-state index contributed by atoms with van der Waals surface area (Å²) in [5.74, 6) is 1.21. The van der Waals surface area contributed by atoms with Crippen molar-refractivity contribution in [2.24, 2.45) is 11.8 Å². The van der Waals surface area contributed by atoms with E-state index < -0.39 is 9.84 Å². The standard InChI is InChI=1S/C15H21ClO2S/c1-11(2)9-12-3-5-13(6-4-12)15(16)14-7-8-19(17,18)10-14/h3-6,11,14-15H,7-10H2,1-2H3. The Labute approximate surface area is 121 Å². The van der Waals surface area contributed by atoms with E-state index in [1.54, 1.807) is 0 Å². The van der Waals surface area contributed by atoms with Crippen LogP contribution in [0, 0.1) is 11.8 Å². The predicted molar refractivity (Wildman–Crippen MR) is 80.3 cm³/mol. The van der Waals surface area contributed by atoms with Gasteiger partial charge in [-0.2, -0.15) is 0 Å². The molecule has 1 aromatic carbocycles. The third-order valence-electron chi connectivity index (χ3n) is 3.62. The first-order chi connectivity index (χ1) is 8.87. The molecule has 1 aliphatic rings. The van der Waals surface area contributed by atoms with Crippen LogP contribution in [-0.4, -0.2) is 19.9 Å². The lowest BCUT2D eigenvalue weighted by atomic mass is 9.96. The fourth-order valence-corrected chi connectivity index (χ4v) is 4.94. The minimum absolute atomic E-state index is 0.0580. The van der Waals surface area contributed by atoms with Crippen LogP contribution < -0.4 is 0 Å². The largest absolute Gasteiger partial charge is 0.229 e. The summed E-state index contributed by atoms with van der Waals surface area (Å²) in [6, 6.07) is 8.29. The van der Waals surface area contributed by atoms with Crippen LogP contribution in [-0.2, 0) is 16.3 Å². The van der Waals surface area contributed by atoms with Gasteiger partial charge in [-0.05, 0) is 35.8 Å². The summed E-state index contributed by atoms with van der Waals surface area (Å²) in [4.78, 5) is 0. The quantitative estimate of drug-likeness (QED) is 0.796. The first-order valence-corrected chi connectivity index (χ1v) is 9.06. The van der Waals surface area contributed by atoms with Crippen LogP contribution in [0.1, 0.15) is 36.8 Å². The molecule has 2 unspecified atom stereocenters. The van der Waals surface area contributed by atoms with Crippen molar-refractivity contribution in [1.82, 2.24) is 0 Å². The summed E-state index contributed by atoms with van der Waals surface area (Å²) in [7, 11) is -2.86. The molecule has 0 aliphatic carbocycles. The Balaban J connectivity index is 2.06. The third kappa shape index (κ3) is 3.96. The maximum atomic E-state index is 11.5. The lowest BCUT2D eigenvalue weighted by Gasteiger charge is -2.16. The zero-order valence-electron chi connectivity index (χ0n) is 11.5. The van der Waals surface area contributed by atoms with Gasteiger partial charge < -0.3 is 0 Å². The molecule has 1 aromatic rings. The van der Waals surface area contributed by atoms with Gasteiger partial charge in [0.25, 0.3) is 0 Å². The van der Waals surface area contributed by atoms with E-state index in [1.807, 2.05) is 12.1 Å². The Kier molecular flexibility index (Phi) is 4.57. The van der Waals surface area contributed by atoms with E-state index >= 15 is 0 Å². The number of hydrogen-bond donors (Lipinski definition) is 0. The Hall–Kier alpha value is -0.540. The number of alkyl halides is 1. The van der Waals surface area contributed by atoms with Crippen LogP contribution in [0.3, 0.4) is 0 Å². The molecule has 4 heteroatoms. The molecule has 106 valence electrons. The fraction of sp³-hybridized carbons (Fsp3) is 0.600. The second kappa shape index (κ2) is 5.84. The normalized spacial score (nSPS) is 23.7. The van der Waals surface area contributed by atoms with E-state index in [2.05, 4.69) is 26.0 Å². The Bertz CT molecular complexity index is 520. The van der Waals surface area contributed by atoms with E-state index in [0.717, 1.165) is 12.0 Å². The molecule has 1 saturated heterocycles.